The number of nitrogens with one attached hydrogen (secondary N) is 1. The summed E-state index contributed by atoms with van der Waals surface area (Å²) in [5.41, 5.74) is 10.5. The molecular formula is C27H36N4O. The number of hydrogen-bond donors (Lipinski definition) is 2. The Kier molecular flexibility index (Phi) is 6.35. The lowest BCUT2D eigenvalue weighted by Crippen LogP contribution is -2.60. The third-order valence-electron chi connectivity index (χ3n) is 7.73. The molecule has 3 N–H and O–H groups in total. The van der Waals surface area contributed by atoms with Gasteiger partial charge < -0.3 is 16.0 Å². The number of fused-ring (bicyclic) bond motifs is 1. The molecule has 2 fully saturated rings. The molecule has 1 saturated carbocycles. The van der Waals surface area contributed by atoms with E-state index in [2.05, 4.69) is 51.5 Å². The van der Waals surface area contributed by atoms with Gasteiger partial charge in [-0.25, -0.2) is 0 Å². The van der Waals surface area contributed by atoms with Gasteiger partial charge in [0, 0.05) is 55.2 Å². The molecule has 170 valence electrons. The van der Waals surface area contributed by atoms with Crippen LogP contribution >= 0.6 is 0 Å². The molecule has 2 unspecified atom stereocenters. The van der Waals surface area contributed by atoms with Gasteiger partial charge in [-0.2, -0.15) is 0 Å². The fourth-order valence-corrected chi connectivity index (χ4v) is 5.90. The topological polar surface area (TPSA) is 61.6 Å². The SMILES string of the molecule is Nc1ccc(N2CCN(C(C(=O)C3CCCCC3)C3CCc4ccccc4N3)CC2)cc1. The molecule has 2 aromatic rings. The van der Waals surface area contributed by atoms with Gasteiger partial charge in [-0.15, -0.1) is 0 Å². The predicted molar refractivity (Wildman–Crippen MR) is 132 cm³/mol. The lowest BCUT2D eigenvalue weighted by atomic mass is 9.80. The van der Waals surface area contributed by atoms with Crippen molar-refractivity contribution >= 4 is 22.8 Å². The number of ketones is 1. The van der Waals surface area contributed by atoms with Gasteiger partial charge in [0.15, 0.2) is 5.78 Å². The number of rotatable bonds is 5. The minimum atomic E-state index is -0.0278. The summed E-state index contributed by atoms with van der Waals surface area (Å²) in [6.07, 6.45) is 7.91. The molecular weight excluding hydrogens is 396 g/mol. The van der Waals surface area contributed by atoms with Crippen LogP contribution in [-0.2, 0) is 11.2 Å². The van der Waals surface area contributed by atoms with Crippen LogP contribution in [0.1, 0.15) is 44.1 Å². The summed E-state index contributed by atoms with van der Waals surface area (Å²) < 4.78 is 0. The van der Waals surface area contributed by atoms with E-state index in [0.29, 0.717) is 5.78 Å². The molecule has 0 amide bonds. The molecule has 3 aliphatic rings. The Labute approximate surface area is 192 Å². The first kappa shape index (κ1) is 21.3. The van der Waals surface area contributed by atoms with E-state index in [4.69, 9.17) is 5.73 Å². The van der Waals surface area contributed by atoms with Crippen LogP contribution in [0.25, 0.3) is 0 Å². The number of aryl methyl sites for hydroxylation is 1. The van der Waals surface area contributed by atoms with Crippen molar-refractivity contribution in [2.75, 3.05) is 42.1 Å². The van der Waals surface area contributed by atoms with E-state index in [9.17, 15) is 4.79 Å². The molecule has 5 nitrogen and oxygen atoms in total. The number of benzene rings is 2. The Balaban J connectivity index is 1.33. The second-order valence-corrected chi connectivity index (χ2v) is 9.74. The summed E-state index contributed by atoms with van der Waals surface area (Å²) in [6, 6.07) is 16.9. The van der Waals surface area contributed by atoms with E-state index in [1.165, 1.54) is 36.2 Å². The van der Waals surface area contributed by atoms with Crippen molar-refractivity contribution in [2.45, 2.75) is 57.0 Å². The van der Waals surface area contributed by atoms with E-state index >= 15 is 0 Å². The summed E-state index contributed by atoms with van der Waals surface area (Å²) >= 11 is 0. The van der Waals surface area contributed by atoms with E-state index in [0.717, 1.165) is 57.5 Å². The number of carbonyl (C=O) groups excluding carboxylic acids is 1. The van der Waals surface area contributed by atoms with Crippen molar-refractivity contribution in [2.24, 2.45) is 5.92 Å². The number of hydrogen-bond acceptors (Lipinski definition) is 5. The highest BCUT2D eigenvalue weighted by molar-refractivity contribution is 5.88. The van der Waals surface area contributed by atoms with Crippen LogP contribution in [0.5, 0.6) is 0 Å². The average molecular weight is 433 g/mol. The number of nitrogens with two attached hydrogens (primary N) is 1. The zero-order chi connectivity index (χ0) is 21.9. The Morgan fingerprint density at radius 2 is 1.62 bits per heavy atom. The number of piperazine rings is 1. The minimum Gasteiger partial charge on any atom is -0.399 e. The molecule has 0 radical (unpaired) electrons. The van der Waals surface area contributed by atoms with Crippen LogP contribution in [0, 0.1) is 5.92 Å². The highest BCUT2D eigenvalue weighted by Crippen LogP contribution is 2.32. The monoisotopic (exact) mass is 432 g/mol. The normalized spacial score (nSPS) is 23.2. The van der Waals surface area contributed by atoms with Crippen molar-refractivity contribution in [3.63, 3.8) is 0 Å². The number of para-hydroxylation sites is 1. The maximum Gasteiger partial charge on any atom is 0.155 e. The zero-order valence-electron chi connectivity index (χ0n) is 19.0. The Bertz CT molecular complexity index is 914. The molecule has 0 bridgehead atoms. The third-order valence-corrected chi connectivity index (χ3v) is 7.73. The number of nitrogens with zero attached hydrogens (tertiary/aromatic N) is 2. The molecule has 2 aliphatic heterocycles. The second-order valence-electron chi connectivity index (χ2n) is 9.74. The van der Waals surface area contributed by atoms with E-state index in [-0.39, 0.29) is 18.0 Å². The standard InChI is InChI=1S/C27H36N4O/c28-22-11-13-23(14-12-22)30-16-18-31(19-17-30)26(27(32)21-7-2-1-3-8-21)25-15-10-20-6-4-5-9-24(20)29-25/h4-6,9,11-14,21,25-26,29H,1-3,7-8,10,15-19,28H2. The molecule has 2 atom stereocenters. The average Bonchev–Trinajstić information content (AvgIpc) is 2.85. The second kappa shape index (κ2) is 9.53. The Morgan fingerprint density at radius 3 is 2.38 bits per heavy atom. The third kappa shape index (κ3) is 4.49. The maximum absolute atomic E-state index is 13.9. The summed E-state index contributed by atoms with van der Waals surface area (Å²) in [4.78, 5) is 18.8. The first-order valence-electron chi connectivity index (χ1n) is 12.4. The highest BCUT2D eigenvalue weighted by atomic mass is 16.1. The summed E-state index contributed by atoms with van der Waals surface area (Å²) in [5.74, 6) is 0.727. The van der Waals surface area contributed by atoms with Crippen molar-refractivity contribution in [3.8, 4) is 0 Å². The van der Waals surface area contributed by atoms with Crippen molar-refractivity contribution in [1.29, 1.82) is 0 Å². The Morgan fingerprint density at radius 1 is 0.906 bits per heavy atom. The molecule has 2 aromatic carbocycles. The fourth-order valence-electron chi connectivity index (χ4n) is 5.90. The van der Waals surface area contributed by atoms with Gasteiger partial charge in [0.05, 0.1) is 6.04 Å². The summed E-state index contributed by atoms with van der Waals surface area (Å²) in [7, 11) is 0. The van der Waals surface area contributed by atoms with E-state index < -0.39 is 0 Å². The van der Waals surface area contributed by atoms with Gasteiger partial charge in [0.25, 0.3) is 0 Å². The van der Waals surface area contributed by atoms with Gasteiger partial charge in [-0.1, -0.05) is 37.5 Å². The molecule has 0 spiro atoms. The van der Waals surface area contributed by atoms with Gasteiger partial charge in [-0.3, -0.25) is 9.69 Å². The lowest BCUT2D eigenvalue weighted by molar-refractivity contribution is -0.130. The van der Waals surface area contributed by atoms with Crippen LogP contribution in [-0.4, -0.2) is 48.9 Å². The van der Waals surface area contributed by atoms with Gasteiger partial charge >= 0.3 is 0 Å². The number of nitrogen functional groups attached to an aromatic ring is 1. The smallest absolute Gasteiger partial charge is 0.155 e. The zero-order valence-corrected chi connectivity index (χ0v) is 19.0. The van der Waals surface area contributed by atoms with Gasteiger partial charge in [0.2, 0.25) is 0 Å². The van der Waals surface area contributed by atoms with Crippen molar-refractivity contribution < 1.29 is 4.79 Å². The molecule has 1 aliphatic carbocycles. The van der Waals surface area contributed by atoms with Gasteiger partial charge in [-0.05, 0) is 61.6 Å². The van der Waals surface area contributed by atoms with Crippen LogP contribution in [0.2, 0.25) is 0 Å². The van der Waals surface area contributed by atoms with E-state index in [1.807, 2.05) is 12.1 Å². The van der Waals surface area contributed by atoms with Gasteiger partial charge in [0.1, 0.15) is 0 Å². The molecule has 0 aromatic heterocycles. The molecule has 5 rings (SSSR count). The largest absolute Gasteiger partial charge is 0.399 e. The lowest BCUT2D eigenvalue weighted by Gasteiger charge is -2.45. The van der Waals surface area contributed by atoms with E-state index in [1.54, 1.807) is 0 Å². The maximum atomic E-state index is 13.9. The van der Waals surface area contributed by atoms with Crippen LogP contribution in [0.3, 0.4) is 0 Å². The fraction of sp³-hybridized carbons (Fsp3) is 0.519. The Hall–Kier alpha value is -2.53. The van der Waals surface area contributed by atoms with Crippen LogP contribution < -0.4 is 16.0 Å². The van der Waals surface area contributed by atoms with Crippen molar-refractivity contribution in [3.05, 3.63) is 54.1 Å². The van der Waals surface area contributed by atoms with Crippen LogP contribution in [0.4, 0.5) is 17.1 Å². The number of carbonyl (C=O) groups is 1. The predicted octanol–water partition coefficient (Wildman–Crippen LogP) is 4.34. The number of anilines is 3. The number of Topliss-reactive ketones (excluding diaryl/α,β-unsaturated/α-hetero) is 1. The van der Waals surface area contributed by atoms with Crippen LogP contribution in [0.15, 0.2) is 48.5 Å². The summed E-state index contributed by atoms with van der Waals surface area (Å²) in [5, 5.41) is 3.77. The first-order valence-corrected chi connectivity index (χ1v) is 12.4. The highest BCUT2D eigenvalue weighted by Gasteiger charge is 2.39. The molecule has 32 heavy (non-hydrogen) atoms. The molecule has 1 saturated heterocycles. The quantitative estimate of drug-likeness (QED) is 0.689. The summed E-state index contributed by atoms with van der Waals surface area (Å²) in [6.45, 7) is 3.74. The molecule has 5 heteroatoms. The first-order chi connectivity index (χ1) is 15.7. The van der Waals surface area contributed by atoms with Crippen molar-refractivity contribution in [1.82, 2.24) is 4.90 Å². The molecule has 2 heterocycles. The minimum absolute atomic E-state index is 0.0278.